The predicted molar refractivity (Wildman–Crippen MR) is 298 cm³/mol. The second kappa shape index (κ2) is 47.2. The molecule has 0 aromatic heterocycles. The number of carbonyl (C=O) groups excluding carboxylic acids is 1. The Morgan fingerprint density at radius 2 is 0.867 bits per heavy atom. The van der Waals surface area contributed by atoms with Gasteiger partial charge < -0.3 is 64.2 Å². The molecule has 0 bridgehead atoms. The molecule has 2 rings (SSSR count). The van der Waals surface area contributed by atoms with Gasteiger partial charge in [0.15, 0.2) is 12.6 Å². The van der Waals surface area contributed by atoms with E-state index in [-0.39, 0.29) is 19.6 Å². The number of hydrogen-bond donors (Lipinski definition) is 7. The molecule has 2 saturated heterocycles. The van der Waals surface area contributed by atoms with E-state index in [0.717, 1.165) is 77.0 Å². The smallest absolute Gasteiger partial charge is 0.306 e. The van der Waals surface area contributed by atoms with Crippen molar-refractivity contribution in [1.29, 1.82) is 0 Å². The van der Waals surface area contributed by atoms with Crippen LogP contribution in [0.25, 0.3) is 0 Å². The van der Waals surface area contributed by atoms with Gasteiger partial charge in [0.25, 0.3) is 0 Å². The van der Waals surface area contributed by atoms with Crippen molar-refractivity contribution in [2.45, 2.75) is 261 Å². The van der Waals surface area contributed by atoms with Crippen LogP contribution >= 0.6 is 0 Å². The van der Waals surface area contributed by atoms with E-state index in [9.17, 15) is 40.5 Å². The van der Waals surface area contributed by atoms with Crippen molar-refractivity contribution in [3.05, 3.63) is 85.1 Å². The maximum atomic E-state index is 13.1. The molecular weight excluding hydrogens is 957 g/mol. The predicted octanol–water partition coefficient (Wildman–Crippen LogP) is 10.4. The summed E-state index contributed by atoms with van der Waals surface area (Å²) in [6.07, 6.45) is 45.0. The lowest BCUT2D eigenvalue weighted by molar-refractivity contribution is -0.332. The summed E-state index contributed by atoms with van der Waals surface area (Å²) in [4.78, 5) is 13.1. The average Bonchev–Trinajstić information content (AvgIpc) is 3.41. The van der Waals surface area contributed by atoms with Crippen LogP contribution in [0.5, 0.6) is 0 Å². The van der Waals surface area contributed by atoms with Crippen LogP contribution in [0.2, 0.25) is 0 Å². The number of allylic oxidation sites excluding steroid dienone is 14. The SMILES string of the molecule is CC/C=C\C/C=C\C/C=C\C/C=C\C/C=C\CCCCCC(=O)OC(COCCCCCCCCCCCC/C=C\C/C=C\CCCCCCC)COC1OC(COC2OC(CO)C(O)C(O)C2O)C(O)C(O)C1O. The molecule has 11 atom stereocenters. The third kappa shape index (κ3) is 33.9. The van der Waals surface area contributed by atoms with Crippen molar-refractivity contribution < 1.29 is 69.0 Å². The summed E-state index contributed by atoms with van der Waals surface area (Å²) in [5, 5.41) is 72.3. The van der Waals surface area contributed by atoms with Crippen molar-refractivity contribution in [2.24, 2.45) is 0 Å². The van der Waals surface area contributed by atoms with E-state index in [0.29, 0.717) is 13.0 Å². The van der Waals surface area contributed by atoms with E-state index < -0.39 is 86.7 Å². The van der Waals surface area contributed by atoms with Gasteiger partial charge in [0.05, 0.1) is 26.4 Å². The van der Waals surface area contributed by atoms with Crippen LogP contribution in [-0.4, -0.2) is 142 Å². The third-order valence-corrected chi connectivity index (χ3v) is 13.4. The molecule has 0 aromatic rings. The number of rotatable bonds is 46. The zero-order valence-corrected chi connectivity index (χ0v) is 46.3. The zero-order valence-electron chi connectivity index (χ0n) is 46.3. The monoisotopic (exact) mass is 1060 g/mol. The molecule has 0 aliphatic carbocycles. The minimum Gasteiger partial charge on any atom is -0.457 e. The lowest BCUT2D eigenvalue weighted by Gasteiger charge is -2.42. The van der Waals surface area contributed by atoms with Crippen molar-refractivity contribution in [2.75, 3.05) is 33.0 Å². The van der Waals surface area contributed by atoms with Gasteiger partial charge in [-0.15, -0.1) is 0 Å². The van der Waals surface area contributed by atoms with E-state index >= 15 is 0 Å². The van der Waals surface area contributed by atoms with Gasteiger partial charge in [-0.1, -0.05) is 182 Å². The Labute approximate surface area is 452 Å². The van der Waals surface area contributed by atoms with Crippen molar-refractivity contribution in [3.8, 4) is 0 Å². The summed E-state index contributed by atoms with van der Waals surface area (Å²) in [6.45, 7) is 3.51. The molecule has 75 heavy (non-hydrogen) atoms. The summed E-state index contributed by atoms with van der Waals surface area (Å²) < 4.78 is 34.4. The molecule has 0 aromatic carbocycles. The van der Waals surface area contributed by atoms with Crippen LogP contribution in [0.3, 0.4) is 0 Å². The van der Waals surface area contributed by atoms with Gasteiger partial charge in [0, 0.05) is 13.0 Å². The van der Waals surface area contributed by atoms with E-state index in [2.05, 4.69) is 98.9 Å². The number of unbranched alkanes of at least 4 members (excludes halogenated alkanes) is 18. The molecule has 432 valence electrons. The van der Waals surface area contributed by atoms with Crippen LogP contribution in [0.4, 0.5) is 0 Å². The summed E-state index contributed by atoms with van der Waals surface area (Å²) in [5.41, 5.74) is 0. The second-order valence-corrected chi connectivity index (χ2v) is 20.1. The topological polar surface area (TPSA) is 214 Å². The lowest BCUT2D eigenvalue weighted by atomic mass is 9.98. The Balaban J connectivity index is 1.74. The highest BCUT2D eigenvalue weighted by atomic mass is 16.7. The number of hydrogen-bond acceptors (Lipinski definition) is 14. The van der Waals surface area contributed by atoms with Gasteiger partial charge in [-0.3, -0.25) is 4.79 Å². The molecule has 0 amide bonds. The van der Waals surface area contributed by atoms with Crippen molar-refractivity contribution >= 4 is 5.97 Å². The Morgan fingerprint density at radius 1 is 0.453 bits per heavy atom. The molecule has 14 nitrogen and oxygen atoms in total. The molecule has 2 heterocycles. The maximum absolute atomic E-state index is 13.1. The minimum absolute atomic E-state index is 0.0412. The number of aliphatic hydroxyl groups is 7. The summed E-state index contributed by atoms with van der Waals surface area (Å²) >= 11 is 0. The van der Waals surface area contributed by atoms with Crippen LogP contribution in [0.1, 0.15) is 194 Å². The Hall–Kier alpha value is -2.83. The quantitative estimate of drug-likeness (QED) is 0.0172. The van der Waals surface area contributed by atoms with E-state index in [1.165, 1.54) is 89.9 Å². The fourth-order valence-corrected chi connectivity index (χ4v) is 8.69. The van der Waals surface area contributed by atoms with Gasteiger partial charge >= 0.3 is 5.97 Å². The standard InChI is InChI=1S/C61H104O14/c1-3-5-7-9-11-13-15-17-19-21-23-24-25-27-29-31-33-35-37-39-41-43-45-70-47-50(73-53(63)44-42-40-38-36-34-32-30-28-26-22-20-18-16-14-12-10-8-6-4-2)48-71-60-59(69)57(67)55(65)52(75-60)49-72-61-58(68)56(66)54(64)51(46-62)74-61/h6,8,12,14-15,17-18,20-21,23,26,28,32,34,50-52,54-62,64-69H,3-5,7,9-11,13,16,19,22,24-25,27,29-31,33,35-49H2,1-2H3/b8-6-,14-12-,17-15-,20-18-,23-21-,28-26-,34-32-. The number of esters is 1. The molecule has 2 aliphatic rings. The van der Waals surface area contributed by atoms with E-state index in [1.54, 1.807) is 0 Å². The third-order valence-electron chi connectivity index (χ3n) is 13.4. The van der Waals surface area contributed by atoms with Gasteiger partial charge in [-0.2, -0.15) is 0 Å². The molecule has 7 N–H and O–H groups in total. The first-order valence-corrected chi connectivity index (χ1v) is 29.2. The first-order valence-electron chi connectivity index (χ1n) is 29.2. The first kappa shape index (κ1) is 68.3. The normalized spacial score (nSPS) is 25.2. The Kier molecular flexibility index (Phi) is 43.0. The molecule has 0 radical (unpaired) electrons. The highest BCUT2D eigenvalue weighted by Gasteiger charge is 2.47. The van der Waals surface area contributed by atoms with Crippen LogP contribution in [0.15, 0.2) is 85.1 Å². The van der Waals surface area contributed by atoms with Crippen LogP contribution < -0.4 is 0 Å². The van der Waals surface area contributed by atoms with Gasteiger partial charge in [0.1, 0.15) is 54.9 Å². The number of aliphatic hydroxyl groups excluding tert-OH is 7. The lowest BCUT2D eigenvalue weighted by Crippen LogP contribution is -2.61. The van der Waals surface area contributed by atoms with Gasteiger partial charge in [-0.05, 0) is 89.9 Å². The van der Waals surface area contributed by atoms with Gasteiger partial charge in [-0.25, -0.2) is 0 Å². The number of carbonyl (C=O) groups is 1. The molecule has 2 fully saturated rings. The highest BCUT2D eigenvalue weighted by molar-refractivity contribution is 5.69. The van der Waals surface area contributed by atoms with Crippen LogP contribution in [-0.2, 0) is 33.2 Å². The zero-order chi connectivity index (χ0) is 54.4. The largest absolute Gasteiger partial charge is 0.457 e. The molecule has 14 heteroatoms. The second-order valence-electron chi connectivity index (χ2n) is 20.1. The molecule has 0 saturated carbocycles. The van der Waals surface area contributed by atoms with Gasteiger partial charge in [0.2, 0.25) is 0 Å². The van der Waals surface area contributed by atoms with Crippen LogP contribution in [0, 0.1) is 0 Å². The Morgan fingerprint density at radius 3 is 1.36 bits per heavy atom. The van der Waals surface area contributed by atoms with E-state index in [1.807, 2.05) is 0 Å². The fourth-order valence-electron chi connectivity index (χ4n) is 8.69. The van der Waals surface area contributed by atoms with Crippen molar-refractivity contribution in [3.63, 3.8) is 0 Å². The molecule has 0 spiro atoms. The summed E-state index contributed by atoms with van der Waals surface area (Å²) in [7, 11) is 0. The fraction of sp³-hybridized carbons (Fsp3) is 0.754. The number of ether oxygens (including phenoxy) is 6. The van der Waals surface area contributed by atoms with Crippen molar-refractivity contribution in [1.82, 2.24) is 0 Å². The summed E-state index contributed by atoms with van der Waals surface area (Å²) in [5.74, 6) is -0.410. The van der Waals surface area contributed by atoms with E-state index in [4.69, 9.17) is 28.4 Å². The molecule has 2 aliphatic heterocycles. The molecular formula is C61H104O14. The molecule has 11 unspecified atom stereocenters. The average molecular weight is 1060 g/mol. The highest BCUT2D eigenvalue weighted by Crippen LogP contribution is 2.26. The summed E-state index contributed by atoms with van der Waals surface area (Å²) in [6, 6.07) is 0. The first-order chi connectivity index (χ1) is 36.6. The Bertz CT molecular complexity index is 1560. The minimum atomic E-state index is -1.72. The maximum Gasteiger partial charge on any atom is 0.306 e.